The van der Waals surface area contributed by atoms with Gasteiger partial charge in [0.1, 0.15) is 18.7 Å². The van der Waals surface area contributed by atoms with Crippen molar-refractivity contribution in [3.8, 4) is 0 Å². The van der Waals surface area contributed by atoms with Crippen LogP contribution in [0.1, 0.15) is 24.1 Å². The Kier molecular flexibility index (Phi) is 6.22. The van der Waals surface area contributed by atoms with Crippen LogP contribution in [0.2, 0.25) is 0 Å². The average Bonchev–Trinajstić information content (AvgIpc) is 3.35. The van der Waals surface area contributed by atoms with E-state index in [9.17, 15) is 24.3 Å². The van der Waals surface area contributed by atoms with E-state index < -0.39 is 36.0 Å². The Morgan fingerprint density at radius 3 is 2.72 bits per heavy atom. The molecule has 1 saturated heterocycles. The first kappa shape index (κ1) is 20.1. The fourth-order valence-electron chi connectivity index (χ4n) is 3.03. The number of carboxylic acid groups (broad SMARTS) is 1. The SMILES string of the molecule is O=C(O)C(Cc1cnc[nH]1)NC(=O)C1CCC(=O)N1C(=O)OCc1ccccc1. The lowest BCUT2D eigenvalue weighted by Crippen LogP contribution is -2.52. The summed E-state index contributed by atoms with van der Waals surface area (Å²) < 4.78 is 5.16. The number of nitrogens with one attached hydrogen (secondary N) is 2. The minimum atomic E-state index is -1.24. The molecule has 3 N–H and O–H groups in total. The third-order valence-corrected chi connectivity index (χ3v) is 4.51. The van der Waals surface area contributed by atoms with Crippen LogP contribution in [-0.4, -0.2) is 55.9 Å². The number of hydrogen-bond acceptors (Lipinski definition) is 6. The first-order chi connectivity index (χ1) is 14.0. The molecule has 29 heavy (non-hydrogen) atoms. The number of carboxylic acids is 1. The predicted molar refractivity (Wildman–Crippen MR) is 98.4 cm³/mol. The lowest BCUT2D eigenvalue weighted by Gasteiger charge is -2.23. The van der Waals surface area contributed by atoms with E-state index in [4.69, 9.17) is 4.74 Å². The van der Waals surface area contributed by atoms with Gasteiger partial charge in [0.05, 0.1) is 6.33 Å². The Morgan fingerprint density at radius 1 is 1.31 bits per heavy atom. The van der Waals surface area contributed by atoms with E-state index in [0.717, 1.165) is 10.5 Å². The van der Waals surface area contributed by atoms with Crippen molar-refractivity contribution in [3.05, 3.63) is 54.1 Å². The molecule has 2 aromatic rings. The summed E-state index contributed by atoms with van der Waals surface area (Å²) in [4.78, 5) is 56.0. The van der Waals surface area contributed by atoms with Crippen molar-refractivity contribution in [2.45, 2.75) is 38.0 Å². The highest BCUT2D eigenvalue weighted by atomic mass is 16.6. The van der Waals surface area contributed by atoms with Crippen LogP contribution < -0.4 is 5.32 Å². The van der Waals surface area contributed by atoms with Crippen LogP contribution in [-0.2, 0) is 32.1 Å². The quantitative estimate of drug-likeness (QED) is 0.625. The predicted octanol–water partition coefficient (Wildman–Crippen LogP) is 0.849. The van der Waals surface area contributed by atoms with E-state index in [0.29, 0.717) is 5.69 Å². The fraction of sp³-hybridized carbons (Fsp3) is 0.316. The molecule has 1 aliphatic heterocycles. The number of H-pyrrole nitrogens is 1. The molecule has 0 radical (unpaired) electrons. The zero-order valence-electron chi connectivity index (χ0n) is 15.4. The summed E-state index contributed by atoms with van der Waals surface area (Å²) in [7, 11) is 0. The number of imidazole rings is 1. The largest absolute Gasteiger partial charge is 0.480 e. The number of aliphatic carboxylic acids is 1. The van der Waals surface area contributed by atoms with Crippen LogP contribution in [0, 0.1) is 0 Å². The van der Waals surface area contributed by atoms with Crippen molar-refractivity contribution in [3.63, 3.8) is 0 Å². The molecule has 1 fully saturated rings. The van der Waals surface area contributed by atoms with Gasteiger partial charge in [0.15, 0.2) is 0 Å². The molecule has 0 saturated carbocycles. The molecule has 152 valence electrons. The second kappa shape index (κ2) is 9.00. The minimum Gasteiger partial charge on any atom is -0.480 e. The van der Waals surface area contributed by atoms with Crippen LogP contribution in [0.3, 0.4) is 0 Å². The lowest BCUT2D eigenvalue weighted by atomic mass is 10.1. The third kappa shape index (κ3) is 4.98. The molecule has 0 spiro atoms. The van der Waals surface area contributed by atoms with Gasteiger partial charge in [-0.15, -0.1) is 0 Å². The van der Waals surface area contributed by atoms with E-state index in [1.165, 1.54) is 12.5 Å². The lowest BCUT2D eigenvalue weighted by molar-refractivity contribution is -0.142. The number of amides is 3. The van der Waals surface area contributed by atoms with E-state index in [-0.39, 0.29) is 25.9 Å². The number of ether oxygens (including phenoxy) is 1. The zero-order valence-corrected chi connectivity index (χ0v) is 15.4. The highest BCUT2D eigenvalue weighted by Gasteiger charge is 2.42. The maximum Gasteiger partial charge on any atom is 0.417 e. The molecule has 0 bridgehead atoms. The molecule has 2 heterocycles. The van der Waals surface area contributed by atoms with Gasteiger partial charge in [0, 0.05) is 24.7 Å². The van der Waals surface area contributed by atoms with Gasteiger partial charge in [-0.2, -0.15) is 0 Å². The van der Waals surface area contributed by atoms with E-state index >= 15 is 0 Å². The summed E-state index contributed by atoms with van der Waals surface area (Å²) in [5.41, 5.74) is 1.26. The molecule has 3 rings (SSSR count). The Labute approximate surface area is 165 Å². The van der Waals surface area contributed by atoms with Gasteiger partial charge >= 0.3 is 12.1 Å². The number of carbonyl (C=O) groups is 4. The Morgan fingerprint density at radius 2 is 2.07 bits per heavy atom. The number of rotatable bonds is 7. The van der Waals surface area contributed by atoms with Gasteiger partial charge in [0.25, 0.3) is 0 Å². The first-order valence-corrected chi connectivity index (χ1v) is 8.99. The van der Waals surface area contributed by atoms with Gasteiger partial charge in [0.2, 0.25) is 11.8 Å². The summed E-state index contributed by atoms with van der Waals surface area (Å²) in [5, 5.41) is 11.8. The summed E-state index contributed by atoms with van der Waals surface area (Å²) in [6, 6.07) is 6.55. The van der Waals surface area contributed by atoms with Crippen LogP contribution in [0.4, 0.5) is 4.79 Å². The maximum absolute atomic E-state index is 12.6. The highest BCUT2D eigenvalue weighted by Crippen LogP contribution is 2.21. The Bertz CT molecular complexity index is 883. The van der Waals surface area contributed by atoms with Crippen LogP contribution >= 0.6 is 0 Å². The first-order valence-electron chi connectivity index (χ1n) is 8.99. The molecular formula is C19H20N4O6. The van der Waals surface area contributed by atoms with Crippen molar-refractivity contribution >= 4 is 23.9 Å². The summed E-state index contributed by atoms with van der Waals surface area (Å²) in [6.07, 6.45) is 2.00. The molecule has 1 aromatic heterocycles. The number of nitrogens with zero attached hydrogens (tertiary/aromatic N) is 2. The molecule has 2 unspecified atom stereocenters. The van der Waals surface area contributed by atoms with Gasteiger partial charge in [-0.3, -0.25) is 9.59 Å². The zero-order chi connectivity index (χ0) is 20.8. The van der Waals surface area contributed by atoms with Gasteiger partial charge < -0.3 is 20.1 Å². The standard InChI is InChI=1S/C19H20N4O6/c24-16-7-6-15(23(16)19(28)29-10-12-4-2-1-3-5-12)17(25)22-14(18(26)27)8-13-9-20-11-21-13/h1-5,9,11,14-15H,6-8,10H2,(H,20,21)(H,22,25)(H,26,27). The van der Waals surface area contributed by atoms with Crippen molar-refractivity contribution in [2.75, 3.05) is 0 Å². The number of likely N-dealkylation sites (tertiary alicyclic amines) is 1. The second-order valence-electron chi connectivity index (χ2n) is 6.54. The molecule has 1 aliphatic rings. The van der Waals surface area contributed by atoms with Crippen molar-refractivity contribution in [2.24, 2.45) is 0 Å². The van der Waals surface area contributed by atoms with Crippen LogP contribution in [0.5, 0.6) is 0 Å². The minimum absolute atomic E-state index is 0.00316. The van der Waals surface area contributed by atoms with Crippen LogP contribution in [0.25, 0.3) is 0 Å². The van der Waals surface area contributed by atoms with E-state index in [2.05, 4.69) is 15.3 Å². The third-order valence-electron chi connectivity index (χ3n) is 4.51. The molecule has 2 atom stereocenters. The molecule has 10 heteroatoms. The van der Waals surface area contributed by atoms with Crippen molar-refractivity contribution in [1.29, 1.82) is 0 Å². The number of hydrogen-bond donors (Lipinski definition) is 3. The number of aromatic nitrogens is 2. The highest BCUT2D eigenvalue weighted by molar-refractivity contribution is 6.01. The smallest absolute Gasteiger partial charge is 0.417 e. The van der Waals surface area contributed by atoms with Crippen LogP contribution in [0.15, 0.2) is 42.9 Å². The molecule has 10 nitrogen and oxygen atoms in total. The fourth-order valence-corrected chi connectivity index (χ4v) is 3.03. The number of benzene rings is 1. The van der Waals surface area contributed by atoms with E-state index in [1.54, 1.807) is 24.3 Å². The molecule has 1 aromatic carbocycles. The van der Waals surface area contributed by atoms with E-state index in [1.807, 2.05) is 6.07 Å². The Hall–Kier alpha value is -3.69. The molecule has 3 amide bonds. The topological polar surface area (TPSA) is 142 Å². The molecular weight excluding hydrogens is 380 g/mol. The Balaban J connectivity index is 1.64. The number of imide groups is 1. The average molecular weight is 400 g/mol. The number of carbonyl (C=O) groups excluding carboxylic acids is 3. The second-order valence-corrected chi connectivity index (χ2v) is 6.54. The summed E-state index contributed by atoms with van der Waals surface area (Å²) in [6.45, 7) is -0.0463. The van der Waals surface area contributed by atoms with Gasteiger partial charge in [-0.1, -0.05) is 30.3 Å². The monoisotopic (exact) mass is 400 g/mol. The van der Waals surface area contributed by atoms with Gasteiger partial charge in [-0.05, 0) is 12.0 Å². The van der Waals surface area contributed by atoms with Crippen molar-refractivity contribution < 1.29 is 29.0 Å². The maximum atomic E-state index is 12.6. The normalized spacial score (nSPS) is 17.0. The number of aromatic amines is 1. The van der Waals surface area contributed by atoms with Crippen molar-refractivity contribution in [1.82, 2.24) is 20.2 Å². The van der Waals surface area contributed by atoms with Gasteiger partial charge in [-0.25, -0.2) is 19.5 Å². The molecule has 0 aliphatic carbocycles. The summed E-state index contributed by atoms with van der Waals surface area (Å²) >= 11 is 0. The summed E-state index contributed by atoms with van der Waals surface area (Å²) in [5.74, 6) is -2.50.